The molecule has 0 aliphatic heterocycles. The highest BCUT2D eigenvalue weighted by Gasteiger charge is 2.10. The third-order valence-electron chi connectivity index (χ3n) is 2.47. The van der Waals surface area contributed by atoms with Crippen molar-refractivity contribution in [1.82, 2.24) is 0 Å². The maximum atomic E-state index is 10.9. The molecule has 0 spiro atoms. The Labute approximate surface area is 98.8 Å². The van der Waals surface area contributed by atoms with E-state index in [-0.39, 0.29) is 11.7 Å². The molecule has 1 N–H and O–H groups in total. The maximum Gasteiger partial charge on any atom is 0.335 e. The second kappa shape index (κ2) is 4.59. The van der Waals surface area contributed by atoms with Gasteiger partial charge in [-0.3, -0.25) is 0 Å². The molecule has 1 aromatic carbocycles. The van der Waals surface area contributed by atoms with Gasteiger partial charge in [0, 0.05) is 10.9 Å². The van der Waals surface area contributed by atoms with Crippen molar-refractivity contribution in [2.45, 2.75) is 26.6 Å². The standard InChI is InChI=1S/C13H14O4/c1-8(2)16-6-10-7-17-12-4-3-9(13(14)15)5-11(10)12/h3-5,7-8H,6H2,1-2H3,(H,14,15). The molecule has 1 heterocycles. The number of benzene rings is 1. The highest BCUT2D eigenvalue weighted by molar-refractivity contribution is 5.93. The van der Waals surface area contributed by atoms with Crippen molar-refractivity contribution in [3.63, 3.8) is 0 Å². The predicted octanol–water partition coefficient (Wildman–Crippen LogP) is 3.06. The minimum atomic E-state index is -0.941. The van der Waals surface area contributed by atoms with Crippen molar-refractivity contribution in [3.05, 3.63) is 35.6 Å². The van der Waals surface area contributed by atoms with Crippen molar-refractivity contribution in [2.75, 3.05) is 0 Å². The number of hydrogen-bond acceptors (Lipinski definition) is 3. The molecule has 4 heteroatoms. The van der Waals surface area contributed by atoms with E-state index < -0.39 is 5.97 Å². The molecule has 0 fully saturated rings. The largest absolute Gasteiger partial charge is 0.478 e. The van der Waals surface area contributed by atoms with Gasteiger partial charge in [-0.1, -0.05) is 0 Å². The van der Waals surface area contributed by atoms with Crippen LogP contribution in [0.2, 0.25) is 0 Å². The second-order valence-electron chi connectivity index (χ2n) is 4.14. The minimum absolute atomic E-state index is 0.127. The summed E-state index contributed by atoms with van der Waals surface area (Å²) >= 11 is 0. The zero-order valence-electron chi connectivity index (χ0n) is 9.77. The summed E-state index contributed by atoms with van der Waals surface area (Å²) in [6, 6.07) is 4.80. The van der Waals surface area contributed by atoms with Gasteiger partial charge >= 0.3 is 5.97 Å². The van der Waals surface area contributed by atoms with Gasteiger partial charge in [-0.15, -0.1) is 0 Å². The molecule has 0 aliphatic carbocycles. The van der Waals surface area contributed by atoms with Gasteiger partial charge in [0.25, 0.3) is 0 Å². The zero-order chi connectivity index (χ0) is 12.4. The van der Waals surface area contributed by atoms with Crippen LogP contribution in [0.15, 0.2) is 28.9 Å². The molecule has 0 saturated heterocycles. The number of ether oxygens (including phenoxy) is 1. The van der Waals surface area contributed by atoms with Gasteiger partial charge in [0.1, 0.15) is 5.58 Å². The summed E-state index contributed by atoms with van der Waals surface area (Å²) in [5.74, 6) is -0.941. The SMILES string of the molecule is CC(C)OCc1coc2ccc(C(=O)O)cc12. The molecule has 90 valence electrons. The monoisotopic (exact) mass is 234 g/mol. The average Bonchev–Trinajstić information content (AvgIpc) is 2.68. The van der Waals surface area contributed by atoms with Crippen LogP contribution in [0.3, 0.4) is 0 Å². The van der Waals surface area contributed by atoms with Gasteiger partial charge in [-0.25, -0.2) is 4.79 Å². The number of hydrogen-bond donors (Lipinski definition) is 1. The lowest BCUT2D eigenvalue weighted by atomic mass is 10.1. The van der Waals surface area contributed by atoms with Crippen molar-refractivity contribution in [2.24, 2.45) is 0 Å². The van der Waals surface area contributed by atoms with E-state index in [4.69, 9.17) is 14.3 Å². The normalized spacial score (nSPS) is 11.2. The summed E-state index contributed by atoms with van der Waals surface area (Å²) in [6.45, 7) is 4.32. The lowest BCUT2D eigenvalue weighted by molar-refractivity contribution is 0.0658. The molecular formula is C13H14O4. The second-order valence-corrected chi connectivity index (χ2v) is 4.14. The first-order valence-corrected chi connectivity index (χ1v) is 5.43. The fourth-order valence-corrected chi connectivity index (χ4v) is 1.58. The van der Waals surface area contributed by atoms with E-state index in [0.717, 1.165) is 10.9 Å². The van der Waals surface area contributed by atoms with Crippen LogP contribution >= 0.6 is 0 Å². The molecule has 0 unspecified atom stereocenters. The highest BCUT2D eigenvalue weighted by Crippen LogP contribution is 2.23. The van der Waals surface area contributed by atoms with Gasteiger partial charge in [0.2, 0.25) is 0 Å². The van der Waals surface area contributed by atoms with Crippen LogP contribution in [-0.2, 0) is 11.3 Å². The zero-order valence-corrected chi connectivity index (χ0v) is 9.77. The first kappa shape index (κ1) is 11.7. The number of carboxylic acid groups (broad SMARTS) is 1. The molecule has 0 aliphatic rings. The quantitative estimate of drug-likeness (QED) is 0.883. The van der Waals surface area contributed by atoms with E-state index in [1.807, 2.05) is 13.8 Å². The third-order valence-corrected chi connectivity index (χ3v) is 2.47. The van der Waals surface area contributed by atoms with E-state index in [1.54, 1.807) is 18.4 Å². The molecule has 4 nitrogen and oxygen atoms in total. The molecule has 0 radical (unpaired) electrons. The summed E-state index contributed by atoms with van der Waals surface area (Å²) in [7, 11) is 0. The van der Waals surface area contributed by atoms with Crippen molar-refractivity contribution in [1.29, 1.82) is 0 Å². The fourth-order valence-electron chi connectivity index (χ4n) is 1.58. The van der Waals surface area contributed by atoms with E-state index in [2.05, 4.69) is 0 Å². The molecule has 0 atom stereocenters. The first-order chi connectivity index (χ1) is 8.08. The van der Waals surface area contributed by atoms with Crippen molar-refractivity contribution >= 4 is 16.9 Å². The van der Waals surface area contributed by atoms with Gasteiger partial charge in [-0.2, -0.15) is 0 Å². The maximum absolute atomic E-state index is 10.9. The van der Waals surface area contributed by atoms with Crippen LogP contribution < -0.4 is 0 Å². The first-order valence-electron chi connectivity index (χ1n) is 5.43. The highest BCUT2D eigenvalue weighted by atomic mass is 16.5. The third kappa shape index (κ3) is 2.47. The smallest absolute Gasteiger partial charge is 0.335 e. The van der Waals surface area contributed by atoms with Crippen LogP contribution in [0.1, 0.15) is 29.8 Å². The van der Waals surface area contributed by atoms with E-state index in [1.165, 1.54) is 6.07 Å². The Kier molecular flexibility index (Phi) is 3.15. The summed E-state index contributed by atoms with van der Waals surface area (Å²) in [6.07, 6.45) is 1.74. The molecule has 1 aromatic heterocycles. The Morgan fingerprint density at radius 3 is 2.88 bits per heavy atom. The van der Waals surface area contributed by atoms with Gasteiger partial charge in [-0.05, 0) is 32.0 Å². The summed E-state index contributed by atoms with van der Waals surface area (Å²) < 4.78 is 10.8. The molecule has 0 amide bonds. The minimum Gasteiger partial charge on any atom is -0.478 e. The van der Waals surface area contributed by atoms with E-state index >= 15 is 0 Å². The number of fused-ring (bicyclic) bond motifs is 1. The molecule has 0 saturated carbocycles. The molecular weight excluding hydrogens is 220 g/mol. The summed E-state index contributed by atoms with van der Waals surface area (Å²) in [5.41, 5.74) is 1.80. The van der Waals surface area contributed by atoms with Gasteiger partial charge in [0.15, 0.2) is 0 Å². The van der Waals surface area contributed by atoms with Crippen molar-refractivity contribution < 1.29 is 19.1 Å². The Morgan fingerprint density at radius 1 is 1.47 bits per heavy atom. The van der Waals surface area contributed by atoms with Crippen LogP contribution in [0.5, 0.6) is 0 Å². The topological polar surface area (TPSA) is 59.7 Å². The summed E-state index contributed by atoms with van der Waals surface area (Å²) in [5, 5.41) is 9.73. The number of rotatable bonds is 4. The molecule has 2 rings (SSSR count). The van der Waals surface area contributed by atoms with Gasteiger partial charge in [0.05, 0.1) is 24.5 Å². The molecule has 2 aromatic rings. The number of carboxylic acids is 1. The van der Waals surface area contributed by atoms with Crippen LogP contribution in [0.4, 0.5) is 0 Å². The fraction of sp³-hybridized carbons (Fsp3) is 0.308. The number of furan rings is 1. The Hall–Kier alpha value is -1.81. The van der Waals surface area contributed by atoms with Gasteiger partial charge < -0.3 is 14.3 Å². The Morgan fingerprint density at radius 2 is 2.24 bits per heavy atom. The number of aromatic carboxylic acids is 1. The molecule has 17 heavy (non-hydrogen) atoms. The van der Waals surface area contributed by atoms with Crippen LogP contribution in [0.25, 0.3) is 11.0 Å². The van der Waals surface area contributed by atoms with E-state index in [9.17, 15) is 4.79 Å². The summed E-state index contributed by atoms with van der Waals surface area (Å²) in [4.78, 5) is 10.9. The predicted molar refractivity (Wildman–Crippen MR) is 63.1 cm³/mol. The van der Waals surface area contributed by atoms with Crippen molar-refractivity contribution in [3.8, 4) is 0 Å². The van der Waals surface area contributed by atoms with Crippen LogP contribution in [-0.4, -0.2) is 17.2 Å². The number of carbonyl (C=O) groups is 1. The lowest BCUT2D eigenvalue weighted by Gasteiger charge is -2.05. The average molecular weight is 234 g/mol. The van der Waals surface area contributed by atoms with Crippen LogP contribution in [0, 0.1) is 0 Å². The Bertz CT molecular complexity index is 539. The molecule has 0 bridgehead atoms. The lowest BCUT2D eigenvalue weighted by Crippen LogP contribution is -2.02. The Balaban J connectivity index is 2.36. The van der Waals surface area contributed by atoms with E-state index in [0.29, 0.717) is 12.2 Å².